The van der Waals surface area contributed by atoms with Gasteiger partial charge in [-0.3, -0.25) is 0 Å². The van der Waals surface area contributed by atoms with Gasteiger partial charge in [0, 0.05) is 10.3 Å². The lowest BCUT2D eigenvalue weighted by atomic mass is 10.0. The van der Waals surface area contributed by atoms with Gasteiger partial charge in [0.15, 0.2) is 0 Å². The summed E-state index contributed by atoms with van der Waals surface area (Å²) in [5.41, 5.74) is 1.26. The summed E-state index contributed by atoms with van der Waals surface area (Å²) in [5.74, 6) is 0. The Labute approximate surface area is 91.6 Å². The molecule has 0 radical (unpaired) electrons. The summed E-state index contributed by atoms with van der Waals surface area (Å²) in [6.07, 6.45) is 2.14. The largest absolute Gasteiger partial charge is 0.0958 e. The third-order valence-electron chi connectivity index (χ3n) is 2.42. The molecule has 0 atom stereocenters. The number of rotatable bonds is 0. The Hall–Kier alpha value is -0.920. The molecule has 0 fully saturated rings. The number of halogens is 1. The lowest BCUT2D eigenvalue weighted by Crippen LogP contribution is -1.86. The van der Waals surface area contributed by atoms with E-state index in [2.05, 4.69) is 35.7 Å². The van der Waals surface area contributed by atoms with Crippen molar-refractivity contribution in [3.05, 3.63) is 46.3 Å². The summed E-state index contributed by atoms with van der Waals surface area (Å²) in [6, 6.07) is 10.4. The molecule has 1 heterocycles. The zero-order valence-electron chi connectivity index (χ0n) is 7.33. The number of hydrogen-bond acceptors (Lipinski definition) is 1. The van der Waals surface area contributed by atoms with E-state index in [1.165, 1.54) is 21.2 Å². The van der Waals surface area contributed by atoms with Crippen LogP contribution in [0.3, 0.4) is 0 Å². The minimum atomic E-state index is 0.847. The molecule has 1 aliphatic rings. The monoisotopic (exact) mass is 218 g/mol. The molecule has 0 saturated heterocycles. The molecule has 68 valence electrons. The van der Waals surface area contributed by atoms with E-state index < -0.39 is 0 Å². The third kappa shape index (κ3) is 1.09. The third-order valence-corrected chi connectivity index (χ3v) is 3.77. The first-order valence-corrected chi connectivity index (χ1v) is 5.66. The van der Waals surface area contributed by atoms with Crippen LogP contribution in [0.2, 0.25) is 5.02 Å². The number of benzene rings is 2. The molecule has 0 aromatic heterocycles. The van der Waals surface area contributed by atoms with Crippen LogP contribution in [-0.2, 0) is 0 Å². The Morgan fingerprint density at radius 3 is 2.93 bits per heavy atom. The number of thioether (sulfide) groups is 1. The number of hydrogen-bond donors (Lipinski definition) is 0. The highest BCUT2D eigenvalue weighted by Crippen LogP contribution is 2.40. The van der Waals surface area contributed by atoms with Crippen molar-refractivity contribution in [1.29, 1.82) is 0 Å². The summed E-state index contributed by atoms with van der Waals surface area (Å²) in [5, 5.41) is 5.48. The molecule has 2 aromatic rings. The van der Waals surface area contributed by atoms with E-state index in [9.17, 15) is 0 Å². The van der Waals surface area contributed by atoms with E-state index in [0.29, 0.717) is 0 Å². The van der Waals surface area contributed by atoms with Crippen molar-refractivity contribution in [2.75, 3.05) is 0 Å². The van der Waals surface area contributed by atoms with Crippen molar-refractivity contribution >= 4 is 40.2 Å². The van der Waals surface area contributed by atoms with Gasteiger partial charge in [-0.15, -0.1) is 0 Å². The van der Waals surface area contributed by atoms with E-state index in [-0.39, 0.29) is 0 Å². The van der Waals surface area contributed by atoms with Crippen LogP contribution in [0.4, 0.5) is 0 Å². The Morgan fingerprint density at radius 2 is 2.00 bits per heavy atom. The smallest absolute Gasteiger partial charge is 0.0551 e. The van der Waals surface area contributed by atoms with Crippen LogP contribution in [0.1, 0.15) is 5.56 Å². The van der Waals surface area contributed by atoms with Crippen LogP contribution in [0.25, 0.3) is 16.8 Å². The Balaban J connectivity index is 2.56. The van der Waals surface area contributed by atoms with Crippen LogP contribution in [0.15, 0.2) is 40.6 Å². The Kier molecular flexibility index (Phi) is 1.82. The second-order valence-electron chi connectivity index (χ2n) is 3.24. The van der Waals surface area contributed by atoms with Crippen LogP contribution in [-0.4, -0.2) is 0 Å². The van der Waals surface area contributed by atoms with E-state index in [0.717, 1.165) is 5.02 Å². The fraction of sp³-hybridized carbons (Fsp3) is 0. The first-order chi connectivity index (χ1) is 6.86. The minimum absolute atomic E-state index is 0.847. The van der Waals surface area contributed by atoms with Crippen molar-refractivity contribution in [2.24, 2.45) is 0 Å². The molecule has 0 aliphatic carbocycles. The predicted molar refractivity (Wildman–Crippen MR) is 63.8 cm³/mol. The van der Waals surface area contributed by atoms with Gasteiger partial charge in [-0.25, -0.2) is 0 Å². The molecule has 2 aromatic carbocycles. The SMILES string of the molecule is Clc1ccc2cccc3c2c1SC=C3. The first kappa shape index (κ1) is 8.39. The summed E-state index contributed by atoms with van der Waals surface area (Å²) in [4.78, 5) is 1.18. The molecule has 2 heteroatoms. The molecular weight excluding hydrogens is 212 g/mol. The maximum atomic E-state index is 6.15. The standard InChI is InChI=1S/C12H7ClS/c13-10-5-4-8-2-1-3-9-6-7-14-12(10)11(8)9/h1-7H. The van der Waals surface area contributed by atoms with Crippen molar-refractivity contribution in [1.82, 2.24) is 0 Å². The second-order valence-corrected chi connectivity index (χ2v) is 4.57. The van der Waals surface area contributed by atoms with E-state index >= 15 is 0 Å². The van der Waals surface area contributed by atoms with Crippen molar-refractivity contribution < 1.29 is 0 Å². The average molecular weight is 219 g/mol. The fourth-order valence-corrected chi connectivity index (χ4v) is 2.95. The second kappa shape index (κ2) is 3.04. The Bertz CT molecular complexity index is 543. The molecule has 0 N–H and O–H groups in total. The molecule has 0 amide bonds. The van der Waals surface area contributed by atoms with Gasteiger partial charge in [0.25, 0.3) is 0 Å². The molecule has 0 unspecified atom stereocenters. The molecule has 1 aliphatic heterocycles. The molecule has 14 heavy (non-hydrogen) atoms. The van der Waals surface area contributed by atoms with Crippen molar-refractivity contribution in [3.63, 3.8) is 0 Å². The zero-order chi connectivity index (χ0) is 9.54. The highest BCUT2D eigenvalue weighted by atomic mass is 35.5. The van der Waals surface area contributed by atoms with Gasteiger partial charge in [-0.2, -0.15) is 0 Å². The van der Waals surface area contributed by atoms with E-state index in [4.69, 9.17) is 11.6 Å². The first-order valence-electron chi connectivity index (χ1n) is 4.41. The average Bonchev–Trinajstić information content (AvgIpc) is 2.24. The van der Waals surface area contributed by atoms with E-state index in [1.54, 1.807) is 11.8 Å². The van der Waals surface area contributed by atoms with E-state index in [1.807, 2.05) is 6.07 Å². The van der Waals surface area contributed by atoms with Gasteiger partial charge in [-0.1, -0.05) is 47.6 Å². The molecule has 0 nitrogen and oxygen atoms in total. The Morgan fingerprint density at radius 1 is 1.07 bits per heavy atom. The van der Waals surface area contributed by atoms with Gasteiger partial charge in [-0.05, 0) is 28.5 Å². The highest BCUT2D eigenvalue weighted by Gasteiger charge is 2.11. The van der Waals surface area contributed by atoms with Gasteiger partial charge in [0.05, 0.1) is 5.02 Å². The maximum Gasteiger partial charge on any atom is 0.0551 e. The predicted octanol–water partition coefficient (Wildman–Crippen LogP) is 4.57. The summed E-state index contributed by atoms with van der Waals surface area (Å²) >= 11 is 7.85. The zero-order valence-corrected chi connectivity index (χ0v) is 8.90. The highest BCUT2D eigenvalue weighted by molar-refractivity contribution is 8.02. The van der Waals surface area contributed by atoms with Crippen LogP contribution < -0.4 is 0 Å². The summed E-state index contributed by atoms with van der Waals surface area (Å²) in [7, 11) is 0. The quantitative estimate of drug-likeness (QED) is 0.624. The topological polar surface area (TPSA) is 0 Å². The minimum Gasteiger partial charge on any atom is -0.0958 e. The molecule has 0 spiro atoms. The van der Waals surface area contributed by atoms with Crippen molar-refractivity contribution in [2.45, 2.75) is 4.90 Å². The fourth-order valence-electron chi connectivity index (χ4n) is 1.78. The summed E-state index contributed by atoms with van der Waals surface area (Å²) in [6.45, 7) is 0. The maximum absolute atomic E-state index is 6.15. The molecular formula is C12H7ClS. The van der Waals surface area contributed by atoms with Gasteiger partial charge in [0.1, 0.15) is 0 Å². The lowest BCUT2D eigenvalue weighted by molar-refractivity contribution is 1.53. The van der Waals surface area contributed by atoms with Crippen LogP contribution >= 0.6 is 23.4 Å². The normalized spacial score (nSPS) is 13.5. The molecule has 0 bridgehead atoms. The van der Waals surface area contributed by atoms with Gasteiger partial charge >= 0.3 is 0 Å². The lowest BCUT2D eigenvalue weighted by Gasteiger charge is -2.12. The van der Waals surface area contributed by atoms with Gasteiger partial charge < -0.3 is 0 Å². The van der Waals surface area contributed by atoms with Crippen molar-refractivity contribution in [3.8, 4) is 0 Å². The molecule has 3 rings (SSSR count). The van der Waals surface area contributed by atoms with Gasteiger partial charge in [0.2, 0.25) is 0 Å². The molecule has 0 saturated carbocycles. The van der Waals surface area contributed by atoms with Crippen LogP contribution in [0, 0.1) is 0 Å². The van der Waals surface area contributed by atoms with Crippen LogP contribution in [0.5, 0.6) is 0 Å². The summed E-state index contributed by atoms with van der Waals surface area (Å²) < 4.78 is 0.